The van der Waals surface area contributed by atoms with Crippen LogP contribution in [-0.4, -0.2) is 11.7 Å². The molecule has 2 nitrogen and oxygen atoms in total. The second-order valence-corrected chi connectivity index (χ2v) is 0.884. The molecule has 6 heavy (non-hydrogen) atoms. The van der Waals surface area contributed by atoms with Crippen molar-refractivity contribution < 1.29 is 4.79 Å². The van der Waals surface area contributed by atoms with Crippen LogP contribution in [0.25, 0.3) is 5.41 Å². The highest BCUT2D eigenvalue weighted by molar-refractivity contribution is 5.95. The second-order valence-electron chi connectivity index (χ2n) is 0.884. The molecular formula is C4H4NO-. The third kappa shape index (κ3) is 3.12. The summed E-state index contributed by atoms with van der Waals surface area (Å²) in [4.78, 5) is 9.77. The summed E-state index contributed by atoms with van der Waals surface area (Å²) in [6, 6.07) is 0. The third-order valence-corrected chi connectivity index (χ3v) is 0.268. The molecule has 0 N–H and O–H groups in total. The van der Waals surface area contributed by atoms with Crippen molar-refractivity contribution >= 4 is 11.7 Å². The van der Waals surface area contributed by atoms with Crippen LogP contribution in [0.1, 0.15) is 6.92 Å². The third-order valence-electron chi connectivity index (χ3n) is 0.268. The Morgan fingerprint density at radius 1 is 2.00 bits per heavy atom. The molecule has 0 spiro atoms. The fraction of sp³-hybridized carbons (Fsp3) is 0.250. The lowest BCUT2D eigenvalue weighted by Crippen LogP contribution is -1.77. The number of rotatable bonds is 1. The summed E-state index contributed by atoms with van der Waals surface area (Å²) >= 11 is 0. The molecule has 0 aromatic carbocycles. The van der Waals surface area contributed by atoms with Crippen LogP contribution in [0.5, 0.6) is 0 Å². The molecule has 0 aliphatic rings. The number of carbonyl (C=O) groups excluding carboxylic acids is 1. The lowest BCUT2D eigenvalue weighted by Gasteiger charge is -1.69. The predicted molar refractivity (Wildman–Crippen MR) is 23.6 cm³/mol. The SMILES string of the molecule is CC(=O)C=C=[N-]. The van der Waals surface area contributed by atoms with E-state index >= 15 is 0 Å². The van der Waals surface area contributed by atoms with Gasteiger partial charge in [-0.3, -0.25) is 10.7 Å². The van der Waals surface area contributed by atoms with Crippen molar-refractivity contribution in [3.05, 3.63) is 11.5 Å². The number of hydrogen-bond donors (Lipinski definition) is 0. The largest absolute Gasteiger partial charge is 0.763 e. The van der Waals surface area contributed by atoms with E-state index in [1.165, 1.54) is 6.92 Å². The molecule has 32 valence electrons. The van der Waals surface area contributed by atoms with E-state index in [1.54, 1.807) is 5.87 Å². The van der Waals surface area contributed by atoms with Crippen LogP contribution in [0, 0.1) is 0 Å². The summed E-state index contributed by atoms with van der Waals surface area (Å²) < 4.78 is 0. The molecular weight excluding hydrogens is 78.0 g/mol. The smallest absolute Gasteiger partial charge is 0.158 e. The zero-order chi connectivity index (χ0) is 4.99. The Hall–Kier alpha value is -0.880. The van der Waals surface area contributed by atoms with Gasteiger partial charge in [-0.25, -0.2) is 0 Å². The number of carbonyl (C=O) groups is 1. The fourth-order valence-corrected chi connectivity index (χ4v) is 0.0909. The predicted octanol–water partition coefficient (Wildman–Crippen LogP) is 0.371. The summed E-state index contributed by atoms with van der Waals surface area (Å²) in [7, 11) is 0. The van der Waals surface area contributed by atoms with Crippen molar-refractivity contribution in [1.82, 2.24) is 0 Å². The highest BCUT2D eigenvalue weighted by atomic mass is 16.1. The Morgan fingerprint density at radius 3 is 2.50 bits per heavy atom. The fourth-order valence-electron chi connectivity index (χ4n) is 0.0909. The van der Waals surface area contributed by atoms with Gasteiger partial charge >= 0.3 is 0 Å². The first kappa shape index (κ1) is 5.12. The van der Waals surface area contributed by atoms with E-state index in [4.69, 9.17) is 5.41 Å². The molecule has 0 aromatic heterocycles. The van der Waals surface area contributed by atoms with Gasteiger partial charge in [-0.05, 0) is 13.0 Å². The molecule has 0 radical (unpaired) electrons. The Kier molecular flexibility index (Phi) is 2.02. The van der Waals surface area contributed by atoms with Gasteiger partial charge in [0.15, 0.2) is 5.78 Å². The van der Waals surface area contributed by atoms with Gasteiger partial charge in [-0.15, -0.1) is 0 Å². The van der Waals surface area contributed by atoms with Gasteiger partial charge in [-0.1, -0.05) is 0 Å². The van der Waals surface area contributed by atoms with Crippen LogP contribution in [0.3, 0.4) is 0 Å². The Bertz CT molecular complexity index is 100. The van der Waals surface area contributed by atoms with Crippen molar-refractivity contribution in [2.24, 2.45) is 0 Å². The van der Waals surface area contributed by atoms with E-state index in [0.29, 0.717) is 0 Å². The monoisotopic (exact) mass is 82.0 g/mol. The minimum absolute atomic E-state index is 0.197. The van der Waals surface area contributed by atoms with E-state index < -0.39 is 0 Å². The lowest BCUT2D eigenvalue weighted by molar-refractivity contribution is -0.112. The Labute approximate surface area is 36.0 Å². The first-order valence-corrected chi connectivity index (χ1v) is 1.51. The van der Waals surface area contributed by atoms with E-state index in [1.807, 2.05) is 0 Å². The number of hydrogen-bond acceptors (Lipinski definition) is 1. The lowest BCUT2D eigenvalue weighted by atomic mass is 10.5. The van der Waals surface area contributed by atoms with Crippen molar-refractivity contribution in [1.29, 1.82) is 0 Å². The molecule has 0 saturated heterocycles. The summed E-state index contributed by atoms with van der Waals surface area (Å²) in [5, 5.41) is 7.71. The van der Waals surface area contributed by atoms with Crippen LogP contribution in [0.4, 0.5) is 0 Å². The van der Waals surface area contributed by atoms with Crippen molar-refractivity contribution in [3.8, 4) is 0 Å². The molecule has 0 fully saturated rings. The molecule has 0 atom stereocenters. The average Bonchev–Trinajstić information content (AvgIpc) is 1.35. The van der Waals surface area contributed by atoms with Gasteiger partial charge in [0.2, 0.25) is 0 Å². The Morgan fingerprint density at radius 2 is 2.50 bits per heavy atom. The van der Waals surface area contributed by atoms with Gasteiger partial charge < -0.3 is 5.41 Å². The van der Waals surface area contributed by atoms with Gasteiger partial charge in [0.1, 0.15) is 0 Å². The summed E-state index contributed by atoms with van der Waals surface area (Å²) in [6.45, 7) is 1.34. The van der Waals surface area contributed by atoms with E-state index in [0.717, 1.165) is 6.08 Å². The van der Waals surface area contributed by atoms with Crippen LogP contribution in [0.2, 0.25) is 0 Å². The summed E-state index contributed by atoms with van der Waals surface area (Å²) in [5.41, 5.74) is 0. The van der Waals surface area contributed by atoms with Crippen LogP contribution in [0.15, 0.2) is 6.08 Å². The maximum atomic E-state index is 9.77. The van der Waals surface area contributed by atoms with Crippen molar-refractivity contribution in [2.75, 3.05) is 0 Å². The van der Waals surface area contributed by atoms with Crippen LogP contribution < -0.4 is 0 Å². The first-order chi connectivity index (χ1) is 2.77. The van der Waals surface area contributed by atoms with Crippen molar-refractivity contribution in [3.63, 3.8) is 0 Å². The molecule has 0 aliphatic heterocycles. The molecule has 0 rings (SSSR count). The molecule has 0 unspecified atom stereocenters. The standard InChI is InChI=1S/C4H4NO/c1-4(6)2-3-5/h2H,1H3/q-1. The Balaban J connectivity index is 3.60. The molecule has 0 bridgehead atoms. The van der Waals surface area contributed by atoms with Gasteiger partial charge in [0.05, 0.1) is 0 Å². The number of allylic oxidation sites excluding steroid dienone is 1. The minimum atomic E-state index is -0.197. The quantitative estimate of drug-likeness (QED) is 0.332. The van der Waals surface area contributed by atoms with E-state index in [-0.39, 0.29) is 5.78 Å². The zero-order valence-electron chi connectivity index (χ0n) is 3.43. The summed E-state index contributed by atoms with van der Waals surface area (Å²) in [5.74, 6) is 1.40. The average molecular weight is 82.1 g/mol. The molecule has 0 amide bonds. The van der Waals surface area contributed by atoms with E-state index in [9.17, 15) is 4.79 Å². The minimum Gasteiger partial charge on any atom is -0.763 e. The van der Waals surface area contributed by atoms with E-state index in [2.05, 4.69) is 0 Å². The van der Waals surface area contributed by atoms with Crippen LogP contribution in [-0.2, 0) is 4.79 Å². The highest BCUT2D eigenvalue weighted by Gasteiger charge is 1.70. The number of nitrogens with zero attached hydrogens (tertiary/aromatic N) is 1. The molecule has 0 saturated carbocycles. The molecule has 2 heteroatoms. The molecule has 0 aromatic rings. The van der Waals surface area contributed by atoms with Gasteiger partial charge in [-0.2, -0.15) is 0 Å². The van der Waals surface area contributed by atoms with Gasteiger partial charge in [0.25, 0.3) is 0 Å². The highest BCUT2D eigenvalue weighted by Crippen LogP contribution is 1.60. The maximum absolute atomic E-state index is 9.77. The normalized spacial score (nSPS) is 6.17. The van der Waals surface area contributed by atoms with Gasteiger partial charge in [0, 0.05) is 0 Å². The summed E-state index contributed by atoms with van der Waals surface area (Å²) in [6.07, 6.45) is 0.958. The first-order valence-electron chi connectivity index (χ1n) is 1.51. The number of ketones is 1. The second kappa shape index (κ2) is 2.36. The topological polar surface area (TPSA) is 39.4 Å². The van der Waals surface area contributed by atoms with Crippen molar-refractivity contribution in [2.45, 2.75) is 6.92 Å². The maximum Gasteiger partial charge on any atom is 0.158 e. The molecule has 0 aliphatic carbocycles. The molecule has 0 heterocycles. The van der Waals surface area contributed by atoms with Crippen LogP contribution >= 0.6 is 0 Å². The zero-order valence-corrected chi connectivity index (χ0v) is 3.43.